The Hall–Kier alpha value is -1.61. The van der Waals surface area contributed by atoms with E-state index in [1.54, 1.807) is 0 Å². The summed E-state index contributed by atoms with van der Waals surface area (Å²) in [5, 5.41) is 13.0. The first-order valence-corrected chi connectivity index (χ1v) is 9.47. The minimum Gasteiger partial charge on any atom is -0.396 e. The van der Waals surface area contributed by atoms with Crippen LogP contribution in [0.25, 0.3) is 0 Å². The van der Waals surface area contributed by atoms with E-state index in [4.69, 9.17) is 21.1 Å². The molecule has 1 saturated carbocycles. The summed E-state index contributed by atoms with van der Waals surface area (Å²) in [6.07, 6.45) is 3.15. The van der Waals surface area contributed by atoms with Gasteiger partial charge in [0.25, 0.3) is 0 Å². The number of hydrogen-bond donors (Lipinski definition) is 2. The van der Waals surface area contributed by atoms with E-state index in [9.17, 15) is 14.7 Å². The highest BCUT2D eigenvalue weighted by atomic mass is 35.5. The highest BCUT2D eigenvalue weighted by molar-refractivity contribution is 6.30. The Bertz CT molecular complexity index is 627. The fourth-order valence-corrected chi connectivity index (χ4v) is 3.75. The minimum absolute atomic E-state index is 0.153. The Morgan fingerprint density at radius 2 is 1.93 bits per heavy atom. The molecule has 8 nitrogen and oxygen atoms in total. The van der Waals surface area contributed by atoms with Crippen molar-refractivity contribution in [3.8, 4) is 0 Å². The fourth-order valence-electron chi connectivity index (χ4n) is 3.54. The summed E-state index contributed by atoms with van der Waals surface area (Å²) in [4.78, 5) is 31.2. The van der Waals surface area contributed by atoms with Crippen molar-refractivity contribution in [2.24, 2.45) is 17.8 Å². The van der Waals surface area contributed by atoms with Crippen LogP contribution < -0.4 is 5.32 Å². The number of carbonyl (C=O) groups excluding carboxylic acids is 2. The molecular weight excluding hydrogens is 374 g/mol. The van der Waals surface area contributed by atoms with E-state index in [1.807, 2.05) is 13.8 Å². The number of nitrogens with zero attached hydrogens (tertiary/aromatic N) is 2. The van der Waals surface area contributed by atoms with Gasteiger partial charge in [0.2, 0.25) is 0 Å². The van der Waals surface area contributed by atoms with Crippen LogP contribution in [0, 0.1) is 17.8 Å². The maximum absolute atomic E-state index is 11.6. The quantitative estimate of drug-likeness (QED) is 0.327. The molecule has 0 unspecified atom stereocenters. The smallest absolute Gasteiger partial charge is 0.161 e. The van der Waals surface area contributed by atoms with Gasteiger partial charge in [-0.3, -0.25) is 0 Å². The number of aliphatic hydroxyl groups is 1. The van der Waals surface area contributed by atoms with Crippen molar-refractivity contribution >= 4 is 30.0 Å². The molecule has 0 saturated heterocycles. The molecular formula is C18H26ClN3O5. The third-order valence-corrected chi connectivity index (χ3v) is 5.18. The molecule has 2 N–H and O–H groups in total. The monoisotopic (exact) mass is 399 g/mol. The first kappa shape index (κ1) is 21.7. The van der Waals surface area contributed by atoms with Crippen LogP contribution in [0.4, 0.5) is 5.82 Å². The Morgan fingerprint density at radius 1 is 1.26 bits per heavy atom. The number of aldehydes is 2. The zero-order valence-corrected chi connectivity index (χ0v) is 16.3. The first-order chi connectivity index (χ1) is 13.1. The summed E-state index contributed by atoms with van der Waals surface area (Å²) in [5.74, 6) is -0.865. The molecule has 0 amide bonds. The van der Waals surface area contributed by atoms with Gasteiger partial charge in [-0.25, -0.2) is 9.97 Å². The molecule has 1 fully saturated rings. The topological polar surface area (TPSA) is 111 Å². The van der Waals surface area contributed by atoms with Crippen LogP contribution in [0.1, 0.15) is 25.8 Å². The lowest BCUT2D eigenvalue weighted by Gasteiger charge is -2.22. The number of nitrogens with one attached hydrogen (secondary N) is 1. The van der Waals surface area contributed by atoms with E-state index in [-0.39, 0.29) is 23.7 Å². The van der Waals surface area contributed by atoms with E-state index >= 15 is 0 Å². The molecule has 27 heavy (non-hydrogen) atoms. The van der Waals surface area contributed by atoms with Crippen LogP contribution in [0.5, 0.6) is 0 Å². The molecule has 1 aliphatic rings. The minimum atomic E-state index is -0.546. The van der Waals surface area contributed by atoms with Crippen LogP contribution in [0.3, 0.4) is 0 Å². The second-order valence-electron chi connectivity index (χ2n) is 6.39. The van der Waals surface area contributed by atoms with Gasteiger partial charge in [-0.2, -0.15) is 0 Å². The van der Waals surface area contributed by atoms with Gasteiger partial charge in [0, 0.05) is 49.7 Å². The number of hydrogen-bond acceptors (Lipinski definition) is 8. The Kier molecular flexibility index (Phi) is 8.56. The molecule has 1 aliphatic carbocycles. The van der Waals surface area contributed by atoms with Crippen molar-refractivity contribution < 1.29 is 24.2 Å². The second-order valence-corrected chi connectivity index (χ2v) is 6.75. The predicted molar refractivity (Wildman–Crippen MR) is 99.5 cm³/mol. The zero-order valence-electron chi connectivity index (χ0n) is 15.5. The largest absolute Gasteiger partial charge is 0.396 e. The first-order valence-electron chi connectivity index (χ1n) is 9.10. The van der Waals surface area contributed by atoms with Crippen molar-refractivity contribution in [3.63, 3.8) is 0 Å². The summed E-state index contributed by atoms with van der Waals surface area (Å²) in [6.45, 7) is 4.55. The standard InChI is InChI=1S/C18H26ClN3O5/c1-3-26-16(27-4-2)6-12-17(19)20-10-21-18(12)22-15-5-11(7-23)13(8-24)14(15)9-25/h8-11,13-16,23H,3-7H2,1-2H3,(H,20,21,22)/t11-,13+,14-,15+/m0/s1. The normalized spacial score (nSPS) is 24.9. The average molecular weight is 400 g/mol. The lowest BCUT2D eigenvalue weighted by molar-refractivity contribution is -0.134. The number of rotatable bonds is 11. The summed E-state index contributed by atoms with van der Waals surface area (Å²) in [5.41, 5.74) is 0.616. The molecule has 1 heterocycles. The number of aliphatic hydroxyl groups excluding tert-OH is 1. The molecule has 0 aliphatic heterocycles. The zero-order chi connectivity index (χ0) is 19.8. The van der Waals surface area contributed by atoms with Gasteiger partial charge < -0.3 is 29.5 Å². The highest BCUT2D eigenvalue weighted by Crippen LogP contribution is 2.37. The van der Waals surface area contributed by atoms with Crippen LogP contribution >= 0.6 is 11.6 Å². The second kappa shape index (κ2) is 10.7. The molecule has 1 aromatic rings. The Morgan fingerprint density at radius 3 is 2.48 bits per heavy atom. The predicted octanol–water partition coefficient (Wildman–Crippen LogP) is 1.49. The van der Waals surface area contributed by atoms with E-state index in [2.05, 4.69) is 15.3 Å². The fraction of sp³-hybridized carbons (Fsp3) is 0.667. The third kappa shape index (κ3) is 5.22. The number of aromatic nitrogens is 2. The van der Waals surface area contributed by atoms with Gasteiger partial charge >= 0.3 is 0 Å². The molecule has 9 heteroatoms. The van der Waals surface area contributed by atoms with Gasteiger partial charge in [-0.1, -0.05) is 11.6 Å². The molecule has 1 aromatic heterocycles. The van der Waals surface area contributed by atoms with E-state index in [0.29, 0.717) is 37.4 Å². The van der Waals surface area contributed by atoms with Crippen molar-refractivity contribution in [3.05, 3.63) is 17.0 Å². The van der Waals surface area contributed by atoms with Crippen LogP contribution in [0.2, 0.25) is 5.15 Å². The molecule has 0 aromatic carbocycles. The third-order valence-electron chi connectivity index (χ3n) is 4.85. The summed E-state index contributed by atoms with van der Waals surface area (Å²) in [6, 6.07) is -0.336. The average Bonchev–Trinajstić information content (AvgIpc) is 3.01. The molecule has 2 rings (SSSR count). The summed E-state index contributed by atoms with van der Waals surface area (Å²) >= 11 is 6.27. The lowest BCUT2D eigenvalue weighted by Crippen LogP contribution is -2.30. The molecule has 0 radical (unpaired) electrons. The van der Waals surface area contributed by atoms with Gasteiger partial charge in [0.15, 0.2) is 6.29 Å². The molecule has 0 spiro atoms. The van der Waals surface area contributed by atoms with Crippen molar-refractivity contribution in [2.45, 2.75) is 39.0 Å². The molecule has 0 bridgehead atoms. The lowest BCUT2D eigenvalue weighted by atomic mass is 9.91. The Labute approximate surface area is 163 Å². The van der Waals surface area contributed by atoms with E-state index in [0.717, 1.165) is 12.6 Å². The van der Waals surface area contributed by atoms with E-state index < -0.39 is 18.1 Å². The number of anilines is 1. The van der Waals surface area contributed by atoms with Gasteiger partial charge in [0.05, 0.1) is 0 Å². The number of halogens is 1. The Balaban J connectivity index is 2.24. The summed E-state index contributed by atoms with van der Waals surface area (Å²) < 4.78 is 11.2. The van der Waals surface area contributed by atoms with Crippen LogP contribution in [-0.2, 0) is 25.5 Å². The van der Waals surface area contributed by atoms with Crippen LogP contribution in [-0.4, -0.2) is 59.8 Å². The molecule has 150 valence electrons. The maximum Gasteiger partial charge on any atom is 0.161 e. The molecule has 4 atom stereocenters. The van der Waals surface area contributed by atoms with Crippen molar-refractivity contribution in [2.75, 3.05) is 25.1 Å². The number of ether oxygens (including phenoxy) is 2. The van der Waals surface area contributed by atoms with Crippen molar-refractivity contribution in [1.29, 1.82) is 0 Å². The van der Waals surface area contributed by atoms with Crippen LogP contribution in [0.15, 0.2) is 6.33 Å². The number of carbonyl (C=O) groups is 2. The highest BCUT2D eigenvalue weighted by Gasteiger charge is 2.43. The van der Waals surface area contributed by atoms with Gasteiger partial charge in [0.1, 0.15) is 29.9 Å². The summed E-state index contributed by atoms with van der Waals surface area (Å²) in [7, 11) is 0. The van der Waals surface area contributed by atoms with E-state index in [1.165, 1.54) is 6.33 Å². The van der Waals surface area contributed by atoms with Gasteiger partial charge in [-0.05, 0) is 26.2 Å². The maximum atomic E-state index is 11.6. The van der Waals surface area contributed by atoms with Gasteiger partial charge in [-0.15, -0.1) is 0 Å². The van der Waals surface area contributed by atoms with Crippen molar-refractivity contribution in [1.82, 2.24) is 9.97 Å². The SMILES string of the molecule is CCOC(Cc1c(Cl)ncnc1N[C@@H]1C[C@@H](CO)[C@@H](C=O)[C@@H]1C=O)OCC.